The predicted octanol–water partition coefficient (Wildman–Crippen LogP) is 5.86. The van der Waals surface area contributed by atoms with Crippen molar-refractivity contribution in [1.82, 2.24) is 15.0 Å². The van der Waals surface area contributed by atoms with Gasteiger partial charge < -0.3 is 10.1 Å². The van der Waals surface area contributed by atoms with Gasteiger partial charge in [-0.25, -0.2) is 9.97 Å². The molecule has 0 saturated carbocycles. The molecule has 0 aliphatic heterocycles. The Morgan fingerprint density at radius 1 is 1.07 bits per heavy atom. The highest BCUT2D eigenvalue weighted by Crippen LogP contribution is 2.33. The Bertz CT molecular complexity index is 1050. The summed E-state index contributed by atoms with van der Waals surface area (Å²) in [6, 6.07) is 16.2. The fraction of sp³-hybridized carbons (Fsp3) is 0.136. The average Bonchev–Trinajstić information content (AvgIpc) is 3.18. The van der Waals surface area contributed by atoms with Crippen LogP contribution in [-0.2, 0) is 12.4 Å². The minimum Gasteiger partial charge on any atom is -0.485 e. The largest absolute Gasteiger partial charge is 0.485 e. The van der Waals surface area contributed by atoms with E-state index in [1.54, 1.807) is 23.1 Å². The number of pyridine rings is 2. The molecule has 4 rings (SSSR count). The minimum atomic E-state index is 0.479. The average molecular weight is 421 g/mol. The number of nitrogens with one attached hydrogen (secondary N) is 1. The van der Waals surface area contributed by atoms with Crippen LogP contribution < -0.4 is 10.1 Å². The Labute approximate surface area is 178 Å². The number of rotatable bonds is 8. The molecule has 0 fully saturated rings. The number of hydrogen-bond donors (Lipinski definition) is 1. The van der Waals surface area contributed by atoms with E-state index in [0.717, 1.165) is 27.0 Å². The Hall–Kier alpha value is -2.90. The molecule has 0 amide bonds. The maximum absolute atomic E-state index is 6.12. The van der Waals surface area contributed by atoms with Crippen LogP contribution in [0.3, 0.4) is 0 Å². The molecular formula is C22H20N4OS2. The van der Waals surface area contributed by atoms with Gasteiger partial charge in [-0.2, -0.15) is 0 Å². The van der Waals surface area contributed by atoms with Gasteiger partial charge in [-0.1, -0.05) is 30.3 Å². The molecule has 146 valence electrons. The van der Waals surface area contributed by atoms with Crippen LogP contribution in [0.15, 0.2) is 77.4 Å². The lowest BCUT2D eigenvalue weighted by Gasteiger charge is -2.13. The lowest BCUT2D eigenvalue weighted by Crippen LogP contribution is -2.01. The van der Waals surface area contributed by atoms with Crippen molar-refractivity contribution in [1.29, 1.82) is 0 Å². The van der Waals surface area contributed by atoms with Gasteiger partial charge in [0.15, 0.2) is 16.7 Å². The molecule has 1 N–H and O–H groups in total. The maximum Gasteiger partial charge on any atom is 0.188 e. The van der Waals surface area contributed by atoms with E-state index in [-0.39, 0.29) is 0 Å². The van der Waals surface area contributed by atoms with Gasteiger partial charge in [0, 0.05) is 34.6 Å². The van der Waals surface area contributed by atoms with Crippen LogP contribution in [0, 0.1) is 6.92 Å². The van der Waals surface area contributed by atoms with Crippen molar-refractivity contribution >= 4 is 34.0 Å². The minimum absolute atomic E-state index is 0.479. The number of hydrogen-bond acceptors (Lipinski definition) is 7. The fourth-order valence-corrected chi connectivity index (χ4v) is 4.13. The number of thioether (sulfide) groups is 1. The molecule has 0 bridgehead atoms. The van der Waals surface area contributed by atoms with Crippen LogP contribution in [0.1, 0.15) is 16.8 Å². The SMILES string of the molecule is Cc1csc(Nc2ncc(SCc3ccncc3)cc2OCc2ccccc2)n1. The summed E-state index contributed by atoms with van der Waals surface area (Å²) in [5.41, 5.74) is 3.31. The first-order valence-corrected chi connectivity index (χ1v) is 11.0. The summed E-state index contributed by atoms with van der Waals surface area (Å²) >= 11 is 3.27. The van der Waals surface area contributed by atoms with Gasteiger partial charge in [-0.05, 0) is 36.2 Å². The summed E-state index contributed by atoms with van der Waals surface area (Å²) in [5, 5.41) is 6.09. The summed E-state index contributed by atoms with van der Waals surface area (Å²) in [7, 11) is 0. The first-order chi connectivity index (χ1) is 14.3. The van der Waals surface area contributed by atoms with Crippen LogP contribution in [0.5, 0.6) is 5.75 Å². The summed E-state index contributed by atoms with van der Waals surface area (Å²) in [4.78, 5) is 14.2. The van der Waals surface area contributed by atoms with E-state index in [9.17, 15) is 0 Å². The second-order valence-electron chi connectivity index (χ2n) is 6.36. The Balaban J connectivity index is 1.52. The van der Waals surface area contributed by atoms with Gasteiger partial charge >= 0.3 is 0 Å². The van der Waals surface area contributed by atoms with Crippen molar-refractivity contribution in [2.75, 3.05) is 5.32 Å². The zero-order valence-electron chi connectivity index (χ0n) is 15.9. The fourth-order valence-electron chi connectivity index (χ4n) is 2.60. The summed E-state index contributed by atoms with van der Waals surface area (Å²) in [6.45, 7) is 2.45. The molecule has 29 heavy (non-hydrogen) atoms. The third-order valence-electron chi connectivity index (χ3n) is 4.06. The second kappa shape index (κ2) is 9.54. The molecule has 0 aliphatic carbocycles. The maximum atomic E-state index is 6.12. The molecule has 4 aromatic rings. The van der Waals surface area contributed by atoms with Crippen LogP contribution in [0.4, 0.5) is 10.9 Å². The van der Waals surface area contributed by atoms with Crippen molar-refractivity contribution in [3.8, 4) is 5.75 Å². The van der Waals surface area contributed by atoms with Gasteiger partial charge in [0.1, 0.15) is 6.61 Å². The second-order valence-corrected chi connectivity index (χ2v) is 8.26. The molecule has 0 radical (unpaired) electrons. The van der Waals surface area contributed by atoms with Gasteiger partial charge in [-0.3, -0.25) is 4.98 Å². The van der Waals surface area contributed by atoms with Crippen molar-refractivity contribution in [2.45, 2.75) is 24.2 Å². The van der Waals surface area contributed by atoms with E-state index in [0.29, 0.717) is 18.2 Å². The van der Waals surface area contributed by atoms with Crippen molar-refractivity contribution in [2.24, 2.45) is 0 Å². The normalized spacial score (nSPS) is 10.7. The van der Waals surface area contributed by atoms with E-state index in [2.05, 4.69) is 20.3 Å². The lowest BCUT2D eigenvalue weighted by atomic mass is 10.2. The standard InChI is InChI=1S/C22H20N4OS2/c1-16-14-29-22(25-16)26-21-20(27-13-17-5-3-2-4-6-17)11-19(12-24-21)28-15-18-7-9-23-10-8-18/h2-12,14H,13,15H2,1H3,(H,24,25,26). The van der Waals surface area contributed by atoms with E-state index >= 15 is 0 Å². The van der Waals surface area contributed by atoms with Gasteiger partial charge in [-0.15, -0.1) is 23.1 Å². The quantitative estimate of drug-likeness (QED) is 0.361. The number of thiazole rings is 1. The first kappa shape index (κ1) is 19.4. The van der Waals surface area contributed by atoms with Gasteiger partial charge in [0.05, 0.1) is 5.69 Å². The number of aromatic nitrogens is 3. The molecule has 3 aromatic heterocycles. The molecular weight excluding hydrogens is 400 g/mol. The Morgan fingerprint density at radius 3 is 2.66 bits per heavy atom. The monoisotopic (exact) mass is 420 g/mol. The first-order valence-electron chi connectivity index (χ1n) is 9.14. The summed E-state index contributed by atoms with van der Waals surface area (Å²) < 4.78 is 6.12. The smallest absolute Gasteiger partial charge is 0.188 e. The highest BCUT2D eigenvalue weighted by molar-refractivity contribution is 7.98. The number of nitrogens with zero attached hydrogens (tertiary/aromatic N) is 3. The zero-order valence-corrected chi connectivity index (χ0v) is 17.5. The third-order valence-corrected chi connectivity index (χ3v) is 5.97. The number of benzene rings is 1. The summed E-state index contributed by atoms with van der Waals surface area (Å²) in [6.07, 6.45) is 5.49. The highest BCUT2D eigenvalue weighted by atomic mass is 32.2. The molecule has 0 unspecified atom stereocenters. The topological polar surface area (TPSA) is 59.9 Å². The molecule has 0 saturated heterocycles. The van der Waals surface area contributed by atoms with E-state index in [1.165, 1.54) is 5.56 Å². The van der Waals surface area contributed by atoms with E-state index < -0.39 is 0 Å². The van der Waals surface area contributed by atoms with Gasteiger partial charge in [0.2, 0.25) is 0 Å². The Morgan fingerprint density at radius 2 is 1.90 bits per heavy atom. The molecule has 1 aromatic carbocycles. The van der Waals surface area contributed by atoms with E-state index in [1.807, 2.05) is 79.4 Å². The Kier molecular flexibility index (Phi) is 6.38. The van der Waals surface area contributed by atoms with E-state index in [4.69, 9.17) is 4.74 Å². The van der Waals surface area contributed by atoms with Crippen molar-refractivity contribution in [3.63, 3.8) is 0 Å². The molecule has 5 nitrogen and oxygen atoms in total. The number of anilines is 2. The zero-order chi connectivity index (χ0) is 19.9. The molecule has 0 atom stereocenters. The van der Waals surface area contributed by atoms with Crippen molar-refractivity contribution in [3.05, 3.63) is 89.3 Å². The molecule has 3 heterocycles. The molecule has 0 aliphatic rings. The predicted molar refractivity (Wildman–Crippen MR) is 119 cm³/mol. The number of aryl methyl sites for hydroxylation is 1. The molecule has 0 spiro atoms. The van der Waals surface area contributed by atoms with Crippen LogP contribution in [-0.4, -0.2) is 15.0 Å². The molecule has 7 heteroatoms. The van der Waals surface area contributed by atoms with Crippen LogP contribution in [0.25, 0.3) is 0 Å². The number of ether oxygens (including phenoxy) is 1. The highest BCUT2D eigenvalue weighted by Gasteiger charge is 2.11. The summed E-state index contributed by atoms with van der Waals surface area (Å²) in [5.74, 6) is 2.23. The van der Waals surface area contributed by atoms with Crippen LogP contribution in [0.2, 0.25) is 0 Å². The lowest BCUT2D eigenvalue weighted by molar-refractivity contribution is 0.306. The van der Waals surface area contributed by atoms with Gasteiger partial charge in [0.25, 0.3) is 0 Å². The third kappa shape index (κ3) is 5.56. The van der Waals surface area contributed by atoms with Crippen LogP contribution >= 0.6 is 23.1 Å². The van der Waals surface area contributed by atoms with Crippen molar-refractivity contribution < 1.29 is 4.74 Å².